The van der Waals surface area contributed by atoms with Gasteiger partial charge in [-0.25, -0.2) is 9.29 Å². The molecule has 0 spiro atoms. The molecule has 0 aliphatic carbocycles. The van der Waals surface area contributed by atoms with Crippen LogP contribution in [0, 0.1) is 12.7 Å². The van der Waals surface area contributed by atoms with E-state index < -0.39 is 35.4 Å². The van der Waals surface area contributed by atoms with E-state index in [1.54, 1.807) is 13.0 Å². The van der Waals surface area contributed by atoms with Crippen molar-refractivity contribution in [2.75, 3.05) is 10.2 Å². The van der Waals surface area contributed by atoms with Crippen LogP contribution in [0.2, 0.25) is 0 Å². The minimum Gasteiger partial charge on any atom is -0.373 e. The standard InChI is InChI=1S/C18H14F4N2O2/c1-10-5-6-12(8-14(10)19)23-15-9-16(25)24(17(15)26)13-4-2-3-11(7-13)18(20,21)22/h2-8,15,23H,9H2,1H3/t15-/m0/s1. The summed E-state index contributed by atoms with van der Waals surface area (Å²) in [5, 5.41) is 2.76. The average molecular weight is 366 g/mol. The summed E-state index contributed by atoms with van der Waals surface area (Å²) in [5.74, 6) is -1.78. The number of imide groups is 1. The predicted molar refractivity (Wildman–Crippen MR) is 87.1 cm³/mol. The first-order valence-corrected chi connectivity index (χ1v) is 7.73. The Labute approximate surface area is 146 Å². The molecular formula is C18H14F4N2O2. The lowest BCUT2D eigenvalue weighted by Gasteiger charge is -2.17. The van der Waals surface area contributed by atoms with Crippen LogP contribution >= 0.6 is 0 Å². The molecule has 2 amide bonds. The fourth-order valence-electron chi connectivity index (χ4n) is 2.72. The second-order valence-electron chi connectivity index (χ2n) is 5.98. The highest BCUT2D eigenvalue weighted by atomic mass is 19.4. The van der Waals surface area contributed by atoms with Crippen molar-refractivity contribution in [1.29, 1.82) is 0 Å². The normalized spacial score (nSPS) is 17.7. The van der Waals surface area contributed by atoms with E-state index in [4.69, 9.17) is 0 Å². The molecule has 1 N–H and O–H groups in total. The first-order chi connectivity index (χ1) is 12.2. The maximum absolute atomic E-state index is 13.6. The van der Waals surface area contributed by atoms with Crippen molar-refractivity contribution in [3.05, 3.63) is 59.4 Å². The van der Waals surface area contributed by atoms with Gasteiger partial charge in [-0.2, -0.15) is 13.2 Å². The van der Waals surface area contributed by atoms with Gasteiger partial charge in [-0.15, -0.1) is 0 Å². The molecule has 1 atom stereocenters. The highest BCUT2D eigenvalue weighted by Gasteiger charge is 2.40. The van der Waals surface area contributed by atoms with E-state index in [2.05, 4.69) is 5.32 Å². The minimum absolute atomic E-state index is 0.144. The lowest BCUT2D eigenvalue weighted by Crippen LogP contribution is -2.35. The van der Waals surface area contributed by atoms with Crippen LogP contribution in [-0.4, -0.2) is 17.9 Å². The van der Waals surface area contributed by atoms with Gasteiger partial charge in [-0.1, -0.05) is 12.1 Å². The molecule has 1 heterocycles. The number of alkyl halides is 3. The van der Waals surface area contributed by atoms with Gasteiger partial charge in [-0.3, -0.25) is 9.59 Å². The average Bonchev–Trinajstić information content (AvgIpc) is 2.84. The Morgan fingerprint density at radius 3 is 2.50 bits per heavy atom. The summed E-state index contributed by atoms with van der Waals surface area (Å²) in [6.45, 7) is 1.58. The number of aryl methyl sites for hydroxylation is 1. The summed E-state index contributed by atoms with van der Waals surface area (Å²) in [4.78, 5) is 25.4. The molecular weight excluding hydrogens is 352 g/mol. The van der Waals surface area contributed by atoms with Gasteiger partial charge >= 0.3 is 6.18 Å². The van der Waals surface area contributed by atoms with Crippen LogP contribution in [0.15, 0.2) is 42.5 Å². The summed E-state index contributed by atoms with van der Waals surface area (Å²) in [7, 11) is 0. The number of carbonyl (C=O) groups excluding carboxylic acids is 2. The lowest BCUT2D eigenvalue weighted by molar-refractivity contribution is -0.137. The van der Waals surface area contributed by atoms with Crippen molar-refractivity contribution >= 4 is 23.2 Å². The van der Waals surface area contributed by atoms with E-state index in [9.17, 15) is 27.2 Å². The Morgan fingerprint density at radius 1 is 1.12 bits per heavy atom. The highest BCUT2D eigenvalue weighted by Crippen LogP contribution is 2.33. The molecule has 0 bridgehead atoms. The molecule has 26 heavy (non-hydrogen) atoms. The number of nitrogens with zero attached hydrogens (tertiary/aromatic N) is 1. The molecule has 136 valence electrons. The van der Waals surface area contributed by atoms with Crippen molar-refractivity contribution < 1.29 is 27.2 Å². The Kier molecular flexibility index (Phi) is 4.43. The van der Waals surface area contributed by atoms with Crippen LogP contribution in [-0.2, 0) is 15.8 Å². The number of carbonyl (C=O) groups is 2. The Balaban J connectivity index is 1.84. The zero-order valence-electron chi connectivity index (χ0n) is 13.6. The van der Waals surface area contributed by atoms with E-state index in [1.807, 2.05) is 0 Å². The summed E-state index contributed by atoms with van der Waals surface area (Å²) < 4.78 is 52.2. The number of amides is 2. The van der Waals surface area contributed by atoms with Gasteiger partial charge in [-0.05, 0) is 42.8 Å². The Bertz CT molecular complexity index is 880. The fraction of sp³-hybridized carbons (Fsp3) is 0.222. The van der Waals surface area contributed by atoms with Gasteiger partial charge in [0.15, 0.2) is 0 Å². The van der Waals surface area contributed by atoms with E-state index >= 15 is 0 Å². The van der Waals surface area contributed by atoms with Crippen LogP contribution in [0.25, 0.3) is 0 Å². The van der Waals surface area contributed by atoms with Gasteiger partial charge in [0.1, 0.15) is 11.9 Å². The fourth-order valence-corrected chi connectivity index (χ4v) is 2.72. The number of hydrogen-bond donors (Lipinski definition) is 1. The van der Waals surface area contributed by atoms with Crippen molar-refractivity contribution in [3.63, 3.8) is 0 Å². The summed E-state index contributed by atoms with van der Waals surface area (Å²) >= 11 is 0. The summed E-state index contributed by atoms with van der Waals surface area (Å²) in [6, 6.07) is 7.31. The first-order valence-electron chi connectivity index (χ1n) is 7.73. The van der Waals surface area contributed by atoms with E-state index in [-0.39, 0.29) is 12.1 Å². The van der Waals surface area contributed by atoms with Gasteiger partial charge in [0.25, 0.3) is 5.91 Å². The zero-order valence-corrected chi connectivity index (χ0v) is 13.6. The second kappa shape index (κ2) is 6.44. The minimum atomic E-state index is -4.58. The highest BCUT2D eigenvalue weighted by molar-refractivity contribution is 6.23. The van der Waals surface area contributed by atoms with Crippen molar-refractivity contribution in [2.24, 2.45) is 0 Å². The smallest absolute Gasteiger partial charge is 0.373 e. The van der Waals surface area contributed by atoms with Gasteiger partial charge in [0.05, 0.1) is 17.7 Å². The quantitative estimate of drug-likeness (QED) is 0.662. The largest absolute Gasteiger partial charge is 0.416 e. The number of benzene rings is 2. The maximum Gasteiger partial charge on any atom is 0.416 e. The molecule has 1 fully saturated rings. The lowest BCUT2D eigenvalue weighted by atomic mass is 10.1. The SMILES string of the molecule is Cc1ccc(N[C@H]2CC(=O)N(c3cccc(C(F)(F)F)c3)C2=O)cc1F. The molecule has 1 aliphatic rings. The van der Waals surface area contributed by atoms with Crippen molar-refractivity contribution in [1.82, 2.24) is 0 Å². The number of halogens is 4. The molecule has 8 heteroatoms. The monoisotopic (exact) mass is 366 g/mol. The molecule has 0 unspecified atom stereocenters. The number of anilines is 2. The molecule has 1 aliphatic heterocycles. The van der Waals surface area contributed by atoms with Gasteiger partial charge < -0.3 is 5.32 Å². The number of nitrogens with one attached hydrogen (secondary N) is 1. The van der Waals surface area contributed by atoms with E-state index in [0.717, 1.165) is 23.1 Å². The predicted octanol–water partition coefficient (Wildman–Crippen LogP) is 3.90. The maximum atomic E-state index is 13.6. The molecule has 0 radical (unpaired) electrons. The molecule has 2 aromatic carbocycles. The van der Waals surface area contributed by atoms with Crippen molar-refractivity contribution in [2.45, 2.75) is 25.6 Å². The molecule has 0 saturated carbocycles. The third-order valence-corrected chi connectivity index (χ3v) is 4.09. The third-order valence-electron chi connectivity index (χ3n) is 4.09. The number of rotatable bonds is 3. The van der Waals surface area contributed by atoms with Crippen LogP contribution < -0.4 is 10.2 Å². The van der Waals surface area contributed by atoms with Crippen LogP contribution in [0.1, 0.15) is 17.5 Å². The van der Waals surface area contributed by atoms with Crippen LogP contribution in [0.4, 0.5) is 28.9 Å². The first kappa shape index (κ1) is 17.9. The number of hydrogen-bond acceptors (Lipinski definition) is 3. The summed E-state index contributed by atoms with van der Waals surface area (Å²) in [6.07, 6.45) is -4.82. The van der Waals surface area contributed by atoms with Gasteiger partial charge in [0.2, 0.25) is 5.91 Å². The molecule has 4 nitrogen and oxygen atoms in total. The second-order valence-corrected chi connectivity index (χ2v) is 5.98. The topological polar surface area (TPSA) is 49.4 Å². The van der Waals surface area contributed by atoms with Crippen molar-refractivity contribution in [3.8, 4) is 0 Å². The summed E-state index contributed by atoms with van der Waals surface area (Å²) in [5.41, 5.74) is -0.359. The third kappa shape index (κ3) is 3.40. The van der Waals surface area contributed by atoms with E-state index in [1.165, 1.54) is 18.2 Å². The molecule has 3 rings (SSSR count). The Morgan fingerprint density at radius 2 is 1.85 bits per heavy atom. The van der Waals surface area contributed by atoms with Gasteiger partial charge in [0, 0.05) is 5.69 Å². The zero-order chi connectivity index (χ0) is 19.1. The van der Waals surface area contributed by atoms with Crippen LogP contribution in [0.5, 0.6) is 0 Å². The van der Waals surface area contributed by atoms with Crippen LogP contribution in [0.3, 0.4) is 0 Å². The van der Waals surface area contributed by atoms with E-state index in [0.29, 0.717) is 11.3 Å². The molecule has 1 saturated heterocycles. The Hall–Kier alpha value is -2.90. The molecule has 0 aromatic heterocycles. The molecule has 2 aromatic rings.